The van der Waals surface area contributed by atoms with Crippen molar-refractivity contribution >= 4 is 21.6 Å². The summed E-state index contributed by atoms with van der Waals surface area (Å²) >= 11 is 0. The van der Waals surface area contributed by atoms with Gasteiger partial charge in [0.25, 0.3) is 0 Å². The standard InChI is InChI=1S/C19H18O5S/c1-3-24-19(21)17(12(2)20)18-13-8-4-6-10-15(13)25(22,23)16-11-7-5-9-14(16)18/h4-11,17-18H,3H2,1-2H3. The molecule has 0 aromatic heterocycles. The minimum atomic E-state index is -3.69. The number of ether oxygens (including phenoxy) is 1. The summed E-state index contributed by atoms with van der Waals surface area (Å²) in [5.74, 6) is -2.76. The lowest BCUT2D eigenvalue weighted by atomic mass is 9.78. The Morgan fingerprint density at radius 1 is 1.00 bits per heavy atom. The topological polar surface area (TPSA) is 77.5 Å². The normalized spacial score (nSPS) is 16.4. The Morgan fingerprint density at radius 2 is 1.48 bits per heavy atom. The first kappa shape index (κ1) is 17.4. The average molecular weight is 358 g/mol. The second kappa shape index (κ2) is 6.44. The summed E-state index contributed by atoms with van der Waals surface area (Å²) in [5, 5.41) is 0. The van der Waals surface area contributed by atoms with Crippen molar-refractivity contribution < 1.29 is 22.7 Å². The van der Waals surface area contributed by atoms with E-state index in [1.807, 2.05) is 0 Å². The van der Waals surface area contributed by atoms with Crippen LogP contribution in [0.15, 0.2) is 58.3 Å². The molecule has 0 saturated carbocycles. The molecule has 0 N–H and O–H groups in total. The van der Waals surface area contributed by atoms with Crippen molar-refractivity contribution in [1.82, 2.24) is 0 Å². The van der Waals surface area contributed by atoms with E-state index in [0.717, 1.165) is 0 Å². The average Bonchev–Trinajstić information content (AvgIpc) is 2.58. The van der Waals surface area contributed by atoms with Gasteiger partial charge in [0.15, 0.2) is 0 Å². The molecular formula is C19H18O5S. The smallest absolute Gasteiger partial charge is 0.317 e. The third-order valence-electron chi connectivity index (χ3n) is 4.40. The van der Waals surface area contributed by atoms with Crippen molar-refractivity contribution in [3.8, 4) is 0 Å². The lowest BCUT2D eigenvalue weighted by Gasteiger charge is -2.31. The summed E-state index contributed by atoms with van der Waals surface area (Å²) in [5.41, 5.74) is 0.906. The summed E-state index contributed by atoms with van der Waals surface area (Å²) in [7, 11) is -3.69. The number of Topliss-reactive ketones (excluding diaryl/α,β-unsaturated/α-hetero) is 1. The highest BCUT2D eigenvalue weighted by Gasteiger charge is 2.43. The molecule has 0 fully saturated rings. The summed E-state index contributed by atoms with van der Waals surface area (Å²) in [6, 6.07) is 13.0. The van der Waals surface area contributed by atoms with E-state index in [1.165, 1.54) is 19.1 Å². The number of esters is 1. The van der Waals surface area contributed by atoms with Gasteiger partial charge in [0, 0.05) is 5.92 Å². The number of fused-ring (bicyclic) bond motifs is 2. The summed E-state index contributed by atoms with van der Waals surface area (Å²) < 4.78 is 30.9. The van der Waals surface area contributed by atoms with E-state index in [-0.39, 0.29) is 22.2 Å². The molecule has 0 aliphatic carbocycles. The van der Waals surface area contributed by atoms with Crippen molar-refractivity contribution in [3.63, 3.8) is 0 Å². The van der Waals surface area contributed by atoms with Crippen LogP contribution in [0.3, 0.4) is 0 Å². The van der Waals surface area contributed by atoms with Crippen LogP contribution in [0.25, 0.3) is 0 Å². The van der Waals surface area contributed by atoms with Gasteiger partial charge in [-0.2, -0.15) is 0 Å². The molecule has 2 aromatic carbocycles. The van der Waals surface area contributed by atoms with E-state index >= 15 is 0 Å². The molecule has 0 radical (unpaired) electrons. The monoisotopic (exact) mass is 358 g/mol. The van der Waals surface area contributed by atoms with E-state index in [1.54, 1.807) is 43.3 Å². The molecule has 0 bridgehead atoms. The zero-order chi connectivity index (χ0) is 18.2. The van der Waals surface area contributed by atoms with Crippen LogP contribution in [0.4, 0.5) is 0 Å². The molecule has 1 heterocycles. The Bertz CT molecular complexity index is 892. The quantitative estimate of drug-likeness (QED) is 0.620. The molecule has 0 saturated heterocycles. The molecular weight excluding hydrogens is 340 g/mol. The maximum atomic E-state index is 12.9. The van der Waals surface area contributed by atoms with E-state index < -0.39 is 27.6 Å². The Balaban J connectivity index is 2.31. The molecule has 1 aliphatic heterocycles. The largest absolute Gasteiger partial charge is 0.465 e. The van der Waals surface area contributed by atoms with Gasteiger partial charge in [0.1, 0.15) is 11.7 Å². The van der Waals surface area contributed by atoms with Gasteiger partial charge in [-0.05, 0) is 37.1 Å². The fraction of sp³-hybridized carbons (Fsp3) is 0.263. The Hall–Kier alpha value is -2.47. The van der Waals surface area contributed by atoms with Gasteiger partial charge in [-0.25, -0.2) is 8.42 Å². The van der Waals surface area contributed by atoms with Crippen LogP contribution in [0.5, 0.6) is 0 Å². The van der Waals surface area contributed by atoms with Crippen molar-refractivity contribution in [3.05, 3.63) is 59.7 Å². The van der Waals surface area contributed by atoms with Crippen LogP contribution in [-0.2, 0) is 24.2 Å². The lowest BCUT2D eigenvalue weighted by Crippen LogP contribution is -2.34. The molecule has 1 atom stereocenters. The molecule has 3 rings (SSSR count). The van der Waals surface area contributed by atoms with Crippen molar-refractivity contribution in [2.24, 2.45) is 5.92 Å². The van der Waals surface area contributed by atoms with Gasteiger partial charge in [-0.3, -0.25) is 9.59 Å². The fourth-order valence-electron chi connectivity index (χ4n) is 3.38. The van der Waals surface area contributed by atoms with Crippen LogP contribution >= 0.6 is 0 Å². The number of hydrogen-bond acceptors (Lipinski definition) is 5. The summed E-state index contributed by atoms with van der Waals surface area (Å²) in [4.78, 5) is 25.0. The van der Waals surface area contributed by atoms with Gasteiger partial charge in [0.05, 0.1) is 16.4 Å². The molecule has 1 unspecified atom stereocenters. The third kappa shape index (κ3) is 2.76. The SMILES string of the molecule is CCOC(=O)C(C(C)=O)C1c2ccccc2S(=O)(=O)c2ccccc21. The van der Waals surface area contributed by atoms with E-state index in [4.69, 9.17) is 4.74 Å². The predicted molar refractivity (Wildman–Crippen MR) is 91.0 cm³/mol. The van der Waals surface area contributed by atoms with Crippen LogP contribution in [0.2, 0.25) is 0 Å². The highest BCUT2D eigenvalue weighted by Crippen LogP contribution is 2.45. The number of sulfone groups is 1. The Morgan fingerprint density at radius 3 is 1.92 bits per heavy atom. The van der Waals surface area contributed by atoms with Gasteiger partial charge >= 0.3 is 5.97 Å². The highest BCUT2D eigenvalue weighted by atomic mass is 32.2. The predicted octanol–water partition coefficient (Wildman–Crippen LogP) is 2.73. The van der Waals surface area contributed by atoms with Crippen LogP contribution in [0.1, 0.15) is 30.9 Å². The molecule has 2 aromatic rings. The van der Waals surface area contributed by atoms with E-state index in [2.05, 4.69) is 0 Å². The maximum Gasteiger partial charge on any atom is 0.317 e. The number of rotatable bonds is 4. The van der Waals surface area contributed by atoms with Crippen LogP contribution < -0.4 is 0 Å². The van der Waals surface area contributed by atoms with E-state index in [0.29, 0.717) is 11.1 Å². The Kier molecular flexibility index (Phi) is 4.47. The zero-order valence-corrected chi connectivity index (χ0v) is 14.7. The third-order valence-corrected chi connectivity index (χ3v) is 6.30. The first-order valence-electron chi connectivity index (χ1n) is 7.99. The minimum Gasteiger partial charge on any atom is -0.465 e. The number of carbonyl (C=O) groups is 2. The second-order valence-corrected chi connectivity index (χ2v) is 7.78. The molecule has 0 amide bonds. The van der Waals surface area contributed by atoms with Crippen molar-refractivity contribution in [2.45, 2.75) is 29.6 Å². The fourth-order valence-corrected chi connectivity index (χ4v) is 5.14. The van der Waals surface area contributed by atoms with Crippen molar-refractivity contribution in [2.75, 3.05) is 6.61 Å². The Labute approximate surface area is 146 Å². The van der Waals surface area contributed by atoms with Gasteiger partial charge in [0.2, 0.25) is 9.84 Å². The molecule has 6 heteroatoms. The zero-order valence-electron chi connectivity index (χ0n) is 13.9. The molecule has 0 spiro atoms. The van der Waals surface area contributed by atoms with Crippen molar-refractivity contribution in [1.29, 1.82) is 0 Å². The first-order chi connectivity index (χ1) is 11.9. The first-order valence-corrected chi connectivity index (χ1v) is 9.48. The molecule has 130 valence electrons. The lowest BCUT2D eigenvalue weighted by molar-refractivity contribution is -0.151. The molecule has 25 heavy (non-hydrogen) atoms. The number of ketones is 1. The second-order valence-electron chi connectivity index (χ2n) is 5.90. The molecule has 1 aliphatic rings. The summed E-state index contributed by atoms with van der Waals surface area (Å²) in [6.07, 6.45) is 0. The maximum absolute atomic E-state index is 12.9. The van der Waals surface area contributed by atoms with Gasteiger partial charge in [-0.15, -0.1) is 0 Å². The van der Waals surface area contributed by atoms with E-state index in [9.17, 15) is 18.0 Å². The number of benzene rings is 2. The minimum absolute atomic E-state index is 0.134. The number of hydrogen-bond donors (Lipinski definition) is 0. The van der Waals surface area contributed by atoms with Gasteiger partial charge < -0.3 is 4.74 Å². The highest BCUT2D eigenvalue weighted by molar-refractivity contribution is 7.91. The summed E-state index contributed by atoms with van der Waals surface area (Å²) in [6.45, 7) is 3.15. The van der Waals surface area contributed by atoms with Gasteiger partial charge in [-0.1, -0.05) is 36.4 Å². The molecule has 5 nitrogen and oxygen atoms in total. The number of carbonyl (C=O) groups excluding carboxylic acids is 2. The van der Waals surface area contributed by atoms with Crippen LogP contribution in [-0.4, -0.2) is 26.8 Å². The van der Waals surface area contributed by atoms with Crippen LogP contribution in [0, 0.1) is 5.92 Å².